The average Bonchev–Trinajstić information content (AvgIpc) is 2.82. The summed E-state index contributed by atoms with van der Waals surface area (Å²) in [5, 5.41) is 9.60. The van der Waals surface area contributed by atoms with Gasteiger partial charge in [-0.25, -0.2) is 0 Å². The van der Waals surface area contributed by atoms with Crippen LogP contribution in [0, 0.1) is 11.8 Å². The summed E-state index contributed by atoms with van der Waals surface area (Å²) in [4.78, 5) is 0. The molecule has 2 saturated carbocycles. The molecule has 0 heterocycles. The molecule has 2 fully saturated rings. The molecular weight excluding hydrogens is 148 g/mol. The molecule has 1 atom stereocenters. The first-order valence-electron chi connectivity index (χ1n) is 5.42. The SMILES string of the molecule is CC(CCCC1(O)CC1)C1CC1. The fourth-order valence-corrected chi connectivity index (χ4v) is 2.05. The van der Waals surface area contributed by atoms with Gasteiger partial charge in [-0.2, -0.15) is 0 Å². The molecule has 70 valence electrons. The van der Waals surface area contributed by atoms with Crippen molar-refractivity contribution in [2.24, 2.45) is 11.8 Å². The summed E-state index contributed by atoms with van der Waals surface area (Å²) in [5.41, 5.74) is -0.205. The second kappa shape index (κ2) is 3.02. The molecule has 0 spiro atoms. The van der Waals surface area contributed by atoms with Gasteiger partial charge in [-0.15, -0.1) is 0 Å². The van der Waals surface area contributed by atoms with Gasteiger partial charge in [-0.3, -0.25) is 0 Å². The van der Waals surface area contributed by atoms with Crippen molar-refractivity contribution in [3.05, 3.63) is 0 Å². The summed E-state index contributed by atoms with van der Waals surface area (Å²) in [5.74, 6) is 1.96. The van der Waals surface area contributed by atoms with E-state index in [2.05, 4.69) is 6.92 Å². The summed E-state index contributed by atoms with van der Waals surface area (Å²) in [6, 6.07) is 0. The van der Waals surface area contributed by atoms with Gasteiger partial charge in [0.2, 0.25) is 0 Å². The first-order valence-corrected chi connectivity index (χ1v) is 5.42. The van der Waals surface area contributed by atoms with Gasteiger partial charge >= 0.3 is 0 Å². The summed E-state index contributed by atoms with van der Waals surface area (Å²) in [6.07, 6.45) is 8.69. The fourth-order valence-electron chi connectivity index (χ4n) is 2.05. The van der Waals surface area contributed by atoms with E-state index in [0.717, 1.165) is 31.1 Å². The van der Waals surface area contributed by atoms with Crippen LogP contribution in [0.5, 0.6) is 0 Å². The first-order chi connectivity index (χ1) is 5.70. The van der Waals surface area contributed by atoms with Crippen molar-refractivity contribution in [3.63, 3.8) is 0 Å². The highest BCUT2D eigenvalue weighted by Gasteiger charge is 2.39. The molecule has 2 aliphatic carbocycles. The Kier molecular flexibility index (Phi) is 2.16. The van der Waals surface area contributed by atoms with Crippen LogP contribution in [0.4, 0.5) is 0 Å². The second-order valence-electron chi connectivity index (χ2n) is 4.93. The monoisotopic (exact) mass is 168 g/mol. The van der Waals surface area contributed by atoms with Crippen LogP contribution in [0.25, 0.3) is 0 Å². The van der Waals surface area contributed by atoms with Crippen LogP contribution in [-0.4, -0.2) is 10.7 Å². The molecule has 12 heavy (non-hydrogen) atoms. The smallest absolute Gasteiger partial charge is 0.0650 e. The van der Waals surface area contributed by atoms with E-state index >= 15 is 0 Å². The van der Waals surface area contributed by atoms with Gasteiger partial charge in [0.05, 0.1) is 5.60 Å². The molecule has 2 aliphatic rings. The fraction of sp³-hybridized carbons (Fsp3) is 1.00. The lowest BCUT2D eigenvalue weighted by atomic mass is 9.97. The van der Waals surface area contributed by atoms with Crippen molar-refractivity contribution in [1.82, 2.24) is 0 Å². The van der Waals surface area contributed by atoms with Crippen molar-refractivity contribution in [2.75, 3.05) is 0 Å². The molecule has 1 heteroatoms. The third kappa shape index (κ3) is 2.22. The Labute approximate surface area is 75.2 Å². The van der Waals surface area contributed by atoms with Gasteiger partial charge in [-0.1, -0.05) is 19.8 Å². The molecule has 1 N–H and O–H groups in total. The lowest BCUT2D eigenvalue weighted by Crippen LogP contribution is -2.07. The van der Waals surface area contributed by atoms with Crippen LogP contribution in [-0.2, 0) is 0 Å². The molecule has 1 nitrogen and oxygen atoms in total. The summed E-state index contributed by atoms with van der Waals surface area (Å²) < 4.78 is 0. The zero-order valence-electron chi connectivity index (χ0n) is 8.05. The molecular formula is C11H20O. The van der Waals surface area contributed by atoms with Crippen molar-refractivity contribution >= 4 is 0 Å². The van der Waals surface area contributed by atoms with Crippen LogP contribution in [0.15, 0.2) is 0 Å². The highest BCUT2D eigenvalue weighted by Crippen LogP contribution is 2.42. The molecule has 0 aromatic heterocycles. The predicted octanol–water partition coefficient (Wildman–Crippen LogP) is 2.73. The van der Waals surface area contributed by atoms with Crippen LogP contribution in [0.1, 0.15) is 51.9 Å². The maximum atomic E-state index is 9.60. The third-order valence-corrected chi connectivity index (χ3v) is 3.56. The lowest BCUT2D eigenvalue weighted by Gasteiger charge is -2.11. The minimum absolute atomic E-state index is 0.205. The van der Waals surface area contributed by atoms with Crippen LogP contribution >= 0.6 is 0 Å². The zero-order valence-corrected chi connectivity index (χ0v) is 8.05. The molecule has 0 aromatic carbocycles. The van der Waals surface area contributed by atoms with E-state index in [4.69, 9.17) is 0 Å². The zero-order chi connectivity index (χ0) is 8.60. The van der Waals surface area contributed by atoms with Gasteiger partial charge < -0.3 is 5.11 Å². The number of aliphatic hydroxyl groups is 1. The highest BCUT2D eigenvalue weighted by atomic mass is 16.3. The Morgan fingerprint density at radius 3 is 2.58 bits per heavy atom. The van der Waals surface area contributed by atoms with E-state index in [1.54, 1.807) is 0 Å². The standard InChI is InChI=1S/C11H20O/c1-9(10-4-5-10)3-2-6-11(12)7-8-11/h9-10,12H,2-8H2,1H3. The average molecular weight is 168 g/mol. The van der Waals surface area contributed by atoms with E-state index in [1.807, 2.05) is 0 Å². The van der Waals surface area contributed by atoms with E-state index in [-0.39, 0.29) is 5.60 Å². The molecule has 2 rings (SSSR count). The predicted molar refractivity (Wildman–Crippen MR) is 49.9 cm³/mol. The topological polar surface area (TPSA) is 20.2 Å². The molecule has 0 aromatic rings. The largest absolute Gasteiger partial charge is 0.390 e. The minimum Gasteiger partial charge on any atom is -0.390 e. The van der Waals surface area contributed by atoms with E-state index < -0.39 is 0 Å². The summed E-state index contributed by atoms with van der Waals surface area (Å²) >= 11 is 0. The Balaban J connectivity index is 1.55. The van der Waals surface area contributed by atoms with E-state index in [1.165, 1.54) is 25.7 Å². The Hall–Kier alpha value is -0.0400. The van der Waals surface area contributed by atoms with Gasteiger partial charge in [0.15, 0.2) is 0 Å². The number of hydrogen-bond acceptors (Lipinski definition) is 1. The van der Waals surface area contributed by atoms with E-state index in [9.17, 15) is 5.11 Å². The van der Waals surface area contributed by atoms with Crippen molar-refractivity contribution in [2.45, 2.75) is 57.5 Å². The molecule has 0 bridgehead atoms. The molecule has 0 aliphatic heterocycles. The van der Waals surface area contributed by atoms with Crippen molar-refractivity contribution < 1.29 is 5.11 Å². The highest BCUT2D eigenvalue weighted by molar-refractivity contribution is 4.93. The Morgan fingerprint density at radius 2 is 2.08 bits per heavy atom. The van der Waals surface area contributed by atoms with Crippen LogP contribution < -0.4 is 0 Å². The van der Waals surface area contributed by atoms with Crippen molar-refractivity contribution in [1.29, 1.82) is 0 Å². The third-order valence-electron chi connectivity index (χ3n) is 3.56. The Morgan fingerprint density at radius 1 is 1.42 bits per heavy atom. The summed E-state index contributed by atoms with van der Waals surface area (Å²) in [6.45, 7) is 2.37. The van der Waals surface area contributed by atoms with E-state index in [0.29, 0.717) is 0 Å². The molecule has 1 unspecified atom stereocenters. The van der Waals surface area contributed by atoms with Gasteiger partial charge in [-0.05, 0) is 43.9 Å². The van der Waals surface area contributed by atoms with Gasteiger partial charge in [0.25, 0.3) is 0 Å². The quantitative estimate of drug-likeness (QED) is 0.669. The second-order valence-corrected chi connectivity index (χ2v) is 4.93. The molecule has 0 saturated heterocycles. The van der Waals surface area contributed by atoms with Gasteiger partial charge in [0, 0.05) is 0 Å². The summed E-state index contributed by atoms with van der Waals surface area (Å²) in [7, 11) is 0. The first kappa shape index (κ1) is 8.55. The van der Waals surface area contributed by atoms with Crippen LogP contribution in [0.2, 0.25) is 0 Å². The van der Waals surface area contributed by atoms with Crippen LogP contribution in [0.3, 0.4) is 0 Å². The number of rotatable bonds is 5. The number of hydrogen-bond donors (Lipinski definition) is 1. The maximum absolute atomic E-state index is 9.60. The van der Waals surface area contributed by atoms with Crippen molar-refractivity contribution in [3.8, 4) is 0 Å². The van der Waals surface area contributed by atoms with Gasteiger partial charge in [0.1, 0.15) is 0 Å². The normalized spacial score (nSPS) is 28.5. The Bertz CT molecular complexity index is 156. The molecule has 0 amide bonds. The minimum atomic E-state index is -0.205. The molecule has 0 radical (unpaired) electrons. The lowest BCUT2D eigenvalue weighted by molar-refractivity contribution is 0.134. The maximum Gasteiger partial charge on any atom is 0.0650 e.